The van der Waals surface area contributed by atoms with Crippen molar-refractivity contribution in [3.63, 3.8) is 0 Å². The van der Waals surface area contributed by atoms with Crippen LogP contribution in [0.3, 0.4) is 0 Å². The summed E-state index contributed by atoms with van der Waals surface area (Å²) in [7, 11) is 0. The zero-order valence-electron chi connectivity index (χ0n) is 6.86. The number of nitriles is 2. The number of benzene rings is 1. The Bertz CT molecular complexity index is 401. The Morgan fingerprint density at radius 2 is 1.85 bits per heavy atom. The summed E-state index contributed by atoms with van der Waals surface area (Å²) in [5.41, 5.74) is 7.29. The van der Waals surface area contributed by atoms with Crippen LogP contribution in [-0.4, -0.2) is 0 Å². The first-order valence-electron chi connectivity index (χ1n) is 3.63. The minimum absolute atomic E-state index is 0.409. The van der Waals surface area contributed by atoms with E-state index in [0.717, 1.165) is 5.56 Å². The Kier molecular flexibility index (Phi) is 2.68. The highest BCUT2D eigenvalue weighted by atomic mass is 14.6. The maximum absolute atomic E-state index is 8.52. The molecule has 1 rings (SSSR count). The number of allylic oxidation sites excluding steroid dienone is 1. The van der Waals surface area contributed by atoms with Gasteiger partial charge in [0.2, 0.25) is 0 Å². The van der Waals surface area contributed by atoms with E-state index in [1.165, 1.54) is 6.08 Å². The van der Waals surface area contributed by atoms with Gasteiger partial charge >= 0.3 is 0 Å². The molecule has 1 aromatic carbocycles. The second-order valence-electron chi connectivity index (χ2n) is 2.42. The van der Waals surface area contributed by atoms with Crippen molar-refractivity contribution in [3.05, 3.63) is 41.5 Å². The van der Waals surface area contributed by atoms with Crippen LogP contribution in [0.1, 0.15) is 11.1 Å². The predicted octanol–water partition coefficient (Wildman–Crippen LogP) is 1.38. The molecule has 3 nitrogen and oxygen atoms in total. The molecule has 0 atom stereocenters. The largest absolute Gasteiger partial charge is 0.398 e. The predicted molar refractivity (Wildman–Crippen MR) is 48.9 cm³/mol. The molecule has 0 aromatic heterocycles. The van der Waals surface area contributed by atoms with Crippen molar-refractivity contribution in [2.24, 2.45) is 5.73 Å². The summed E-state index contributed by atoms with van der Waals surface area (Å²) in [5, 5.41) is 16.9. The van der Waals surface area contributed by atoms with Crippen molar-refractivity contribution in [3.8, 4) is 12.1 Å². The van der Waals surface area contributed by atoms with Gasteiger partial charge in [0.05, 0.1) is 17.7 Å². The molecule has 3 heteroatoms. The fourth-order valence-corrected chi connectivity index (χ4v) is 0.890. The third-order valence-electron chi connectivity index (χ3n) is 1.57. The van der Waals surface area contributed by atoms with Crippen LogP contribution in [0.5, 0.6) is 0 Å². The lowest BCUT2D eigenvalue weighted by Crippen LogP contribution is -1.95. The van der Waals surface area contributed by atoms with E-state index in [9.17, 15) is 0 Å². The minimum atomic E-state index is 0.409. The van der Waals surface area contributed by atoms with Gasteiger partial charge in [0.1, 0.15) is 0 Å². The van der Waals surface area contributed by atoms with E-state index < -0.39 is 0 Å². The second-order valence-corrected chi connectivity index (χ2v) is 2.42. The monoisotopic (exact) mass is 169 g/mol. The van der Waals surface area contributed by atoms with Crippen LogP contribution >= 0.6 is 0 Å². The highest BCUT2D eigenvalue weighted by Crippen LogP contribution is 2.09. The van der Waals surface area contributed by atoms with Gasteiger partial charge in [-0.1, -0.05) is 12.1 Å². The fourth-order valence-electron chi connectivity index (χ4n) is 0.890. The van der Waals surface area contributed by atoms with Gasteiger partial charge in [-0.25, -0.2) is 0 Å². The summed E-state index contributed by atoms with van der Waals surface area (Å²) in [6, 6.07) is 10.6. The number of hydrogen-bond donors (Lipinski definition) is 1. The summed E-state index contributed by atoms with van der Waals surface area (Å²) in [5.74, 6) is 0. The third-order valence-corrected chi connectivity index (χ3v) is 1.57. The van der Waals surface area contributed by atoms with Gasteiger partial charge in [-0.15, -0.1) is 0 Å². The SMILES string of the molecule is N#C/C=C(/N)c1ccc(C#N)cc1. The van der Waals surface area contributed by atoms with Crippen LogP contribution in [0.25, 0.3) is 5.70 Å². The number of hydrogen-bond acceptors (Lipinski definition) is 3. The molecule has 0 saturated heterocycles. The quantitative estimate of drug-likeness (QED) is 0.645. The Hall–Kier alpha value is -2.26. The Morgan fingerprint density at radius 1 is 1.23 bits per heavy atom. The van der Waals surface area contributed by atoms with Gasteiger partial charge in [0.15, 0.2) is 0 Å². The molecule has 0 heterocycles. The molecule has 1 aromatic rings. The molecule has 0 fully saturated rings. The molecule has 13 heavy (non-hydrogen) atoms. The zero-order chi connectivity index (χ0) is 9.68. The van der Waals surface area contributed by atoms with Gasteiger partial charge in [-0.05, 0) is 17.7 Å². The number of nitrogens with two attached hydrogens (primary N) is 1. The molecule has 0 radical (unpaired) electrons. The van der Waals surface area contributed by atoms with Gasteiger partial charge in [-0.2, -0.15) is 10.5 Å². The Labute approximate surface area is 76.3 Å². The third kappa shape index (κ3) is 2.08. The van der Waals surface area contributed by atoms with Crippen LogP contribution in [0, 0.1) is 22.7 Å². The zero-order valence-corrected chi connectivity index (χ0v) is 6.86. The number of nitrogens with zero attached hydrogens (tertiary/aromatic N) is 2. The second kappa shape index (κ2) is 3.94. The molecule has 62 valence electrons. The molecule has 0 spiro atoms. The lowest BCUT2D eigenvalue weighted by molar-refractivity contribution is 1.45. The van der Waals surface area contributed by atoms with Crippen molar-refractivity contribution >= 4 is 5.70 Å². The average Bonchev–Trinajstić information content (AvgIpc) is 2.18. The van der Waals surface area contributed by atoms with Gasteiger partial charge < -0.3 is 5.73 Å². The first-order chi connectivity index (χ1) is 6.27. The lowest BCUT2D eigenvalue weighted by atomic mass is 10.1. The van der Waals surface area contributed by atoms with Gasteiger partial charge in [-0.3, -0.25) is 0 Å². The topological polar surface area (TPSA) is 73.6 Å². The summed E-state index contributed by atoms with van der Waals surface area (Å²) in [6.45, 7) is 0. The first-order valence-corrected chi connectivity index (χ1v) is 3.63. The molecule has 0 bridgehead atoms. The van der Waals surface area contributed by atoms with E-state index in [0.29, 0.717) is 11.3 Å². The first kappa shape index (κ1) is 8.83. The van der Waals surface area contributed by atoms with Crippen molar-refractivity contribution in [2.75, 3.05) is 0 Å². The smallest absolute Gasteiger partial charge is 0.0991 e. The van der Waals surface area contributed by atoms with Crippen LogP contribution < -0.4 is 5.73 Å². The van der Waals surface area contributed by atoms with Crippen molar-refractivity contribution in [2.45, 2.75) is 0 Å². The maximum Gasteiger partial charge on any atom is 0.0991 e. The number of rotatable bonds is 1. The van der Waals surface area contributed by atoms with E-state index in [4.69, 9.17) is 16.3 Å². The molecule has 0 aliphatic carbocycles. The highest BCUT2D eigenvalue weighted by molar-refractivity contribution is 5.65. The maximum atomic E-state index is 8.52. The molecular formula is C10H7N3. The van der Waals surface area contributed by atoms with E-state index in [1.54, 1.807) is 24.3 Å². The standard InChI is InChI=1S/C10H7N3/c11-6-5-10(13)9-3-1-8(7-12)2-4-9/h1-5H,13H2/b10-5+. The summed E-state index contributed by atoms with van der Waals surface area (Å²) >= 11 is 0. The lowest BCUT2D eigenvalue weighted by Gasteiger charge is -1.98. The van der Waals surface area contributed by atoms with Crippen molar-refractivity contribution in [1.82, 2.24) is 0 Å². The minimum Gasteiger partial charge on any atom is -0.398 e. The molecule has 0 aliphatic heterocycles. The summed E-state index contributed by atoms with van der Waals surface area (Å²) in [4.78, 5) is 0. The molecule has 0 aliphatic rings. The van der Waals surface area contributed by atoms with Gasteiger partial charge in [0.25, 0.3) is 0 Å². The molecule has 0 unspecified atom stereocenters. The normalized spacial score (nSPS) is 10.2. The van der Waals surface area contributed by atoms with Crippen molar-refractivity contribution < 1.29 is 0 Å². The van der Waals surface area contributed by atoms with Crippen LogP contribution in [0.15, 0.2) is 30.3 Å². The fraction of sp³-hybridized carbons (Fsp3) is 0. The van der Waals surface area contributed by atoms with Gasteiger partial charge in [0, 0.05) is 11.8 Å². The van der Waals surface area contributed by atoms with E-state index in [1.807, 2.05) is 12.1 Å². The molecular weight excluding hydrogens is 162 g/mol. The van der Waals surface area contributed by atoms with E-state index in [-0.39, 0.29) is 0 Å². The Balaban J connectivity index is 3.02. The summed E-state index contributed by atoms with van der Waals surface area (Å²) < 4.78 is 0. The molecule has 2 N–H and O–H groups in total. The highest BCUT2D eigenvalue weighted by Gasteiger charge is 1.95. The molecule has 0 saturated carbocycles. The van der Waals surface area contributed by atoms with E-state index in [2.05, 4.69) is 0 Å². The van der Waals surface area contributed by atoms with Crippen molar-refractivity contribution in [1.29, 1.82) is 10.5 Å². The van der Waals surface area contributed by atoms with Crippen LogP contribution in [-0.2, 0) is 0 Å². The van der Waals surface area contributed by atoms with Crippen LogP contribution in [0.2, 0.25) is 0 Å². The molecule has 0 amide bonds. The van der Waals surface area contributed by atoms with Crippen LogP contribution in [0.4, 0.5) is 0 Å². The van der Waals surface area contributed by atoms with E-state index >= 15 is 0 Å². The average molecular weight is 169 g/mol. The Morgan fingerprint density at radius 3 is 2.31 bits per heavy atom. The summed E-state index contributed by atoms with van der Waals surface area (Å²) in [6.07, 6.45) is 1.27.